The molecule has 1 saturated heterocycles. The fourth-order valence-corrected chi connectivity index (χ4v) is 5.13. The summed E-state index contributed by atoms with van der Waals surface area (Å²) in [5, 5.41) is 3.49. The molecule has 1 saturated carbocycles. The average Bonchev–Trinajstić information content (AvgIpc) is 3.71. The average molecular weight is 523 g/mol. The first-order chi connectivity index (χ1) is 18.9. The number of nitrogens with one attached hydrogen (secondary N) is 1. The van der Waals surface area contributed by atoms with Crippen LogP contribution in [0.4, 0.5) is 11.5 Å². The minimum Gasteiger partial charge on any atom is -0.452 e. The van der Waals surface area contributed by atoms with Gasteiger partial charge in [-0.2, -0.15) is 0 Å². The van der Waals surface area contributed by atoms with E-state index in [9.17, 15) is 4.79 Å². The lowest BCUT2D eigenvalue weighted by Gasteiger charge is -2.24. The molecule has 5 heterocycles. The van der Waals surface area contributed by atoms with Crippen molar-refractivity contribution < 1.29 is 13.9 Å². The van der Waals surface area contributed by atoms with Crippen LogP contribution in [0.25, 0.3) is 38.7 Å². The predicted octanol–water partition coefficient (Wildman–Crippen LogP) is 5.98. The Balaban J connectivity index is 1.42. The normalized spacial score (nSPS) is 15.7. The fraction of sp³-hybridized carbons (Fsp3) is 0.367. The molecule has 4 aromatic heterocycles. The number of fused-ring (bicyclic) bond motifs is 1. The summed E-state index contributed by atoms with van der Waals surface area (Å²) in [5.41, 5.74) is 6.78. The van der Waals surface area contributed by atoms with Crippen molar-refractivity contribution in [1.82, 2.24) is 19.9 Å². The van der Waals surface area contributed by atoms with Crippen LogP contribution in [-0.4, -0.2) is 59.1 Å². The molecule has 1 N–H and O–H groups in total. The highest BCUT2D eigenvalue weighted by molar-refractivity contribution is 5.96. The molecule has 198 valence electrons. The quantitative estimate of drug-likeness (QED) is 0.311. The van der Waals surface area contributed by atoms with E-state index in [0.717, 1.165) is 61.3 Å². The Morgan fingerprint density at radius 2 is 1.90 bits per heavy atom. The molecule has 0 unspecified atom stereocenters. The van der Waals surface area contributed by atoms with Crippen molar-refractivity contribution in [3.05, 3.63) is 64.8 Å². The molecular formula is C30H30N6O3. The molecule has 0 atom stereocenters. The number of carbonyl (C=O) groups excluding carboxylic acids is 1. The number of hydrogen-bond acceptors (Lipinski definition) is 7. The van der Waals surface area contributed by atoms with Gasteiger partial charge in [-0.15, -0.1) is 4.98 Å². The van der Waals surface area contributed by atoms with Gasteiger partial charge in [0.05, 0.1) is 16.8 Å². The molecule has 0 bridgehead atoms. The molecule has 9 nitrogen and oxygen atoms in total. The van der Waals surface area contributed by atoms with Gasteiger partial charge in [0.25, 0.3) is 11.7 Å². The van der Waals surface area contributed by atoms with E-state index >= 15 is 0 Å². The van der Waals surface area contributed by atoms with E-state index in [1.54, 1.807) is 20.3 Å². The molecule has 0 spiro atoms. The standard InChI is InChI=1S/C30H30N6O3/c1-17-13-19(30(37)36(3)4)15-33-27(17)25-14-24-28(39-25)26(21(16-32-24)18-5-6-18)22-7-8-23(29(31-2)35-22)34-20-9-11-38-12-10-20/h7-8,13-16,18,20,34H,5-6,9-12H2,1,3-4H3. The minimum absolute atomic E-state index is 0.101. The van der Waals surface area contributed by atoms with Gasteiger partial charge in [-0.05, 0) is 67.9 Å². The maximum absolute atomic E-state index is 12.4. The van der Waals surface area contributed by atoms with Gasteiger partial charge in [0.1, 0.15) is 11.2 Å². The van der Waals surface area contributed by atoms with Crippen molar-refractivity contribution in [2.45, 2.75) is 44.6 Å². The third-order valence-corrected chi connectivity index (χ3v) is 7.37. The summed E-state index contributed by atoms with van der Waals surface area (Å²) in [7, 11) is 3.44. The van der Waals surface area contributed by atoms with Gasteiger partial charge >= 0.3 is 0 Å². The van der Waals surface area contributed by atoms with Gasteiger partial charge < -0.3 is 24.2 Å². The second kappa shape index (κ2) is 10.1. The van der Waals surface area contributed by atoms with E-state index in [1.165, 1.54) is 4.90 Å². The zero-order chi connectivity index (χ0) is 27.1. The van der Waals surface area contributed by atoms with Crippen LogP contribution in [0, 0.1) is 13.5 Å². The number of amides is 1. The second-order valence-electron chi connectivity index (χ2n) is 10.5. The van der Waals surface area contributed by atoms with Crippen LogP contribution in [0.3, 0.4) is 0 Å². The lowest BCUT2D eigenvalue weighted by Crippen LogP contribution is -2.27. The Kier molecular flexibility index (Phi) is 6.49. The minimum atomic E-state index is -0.101. The Labute approximate surface area is 227 Å². The topological polar surface area (TPSA) is 97.7 Å². The molecule has 2 aliphatic rings. The SMILES string of the molecule is [C-]#[N+]c1nc(-c2c(C3CC3)cnc3cc(-c4ncc(C(=O)N(C)C)cc4C)oc23)ccc1NC1CCOCC1. The summed E-state index contributed by atoms with van der Waals surface area (Å²) >= 11 is 0. The van der Waals surface area contributed by atoms with Gasteiger partial charge in [-0.1, -0.05) is 6.57 Å². The summed E-state index contributed by atoms with van der Waals surface area (Å²) in [5.74, 6) is 1.23. The van der Waals surface area contributed by atoms with E-state index in [1.807, 2.05) is 37.4 Å². The monoisotopic (exact) mass is 522 g/mol. The van der Waals surface area contributed by atoms with Crippen LogP contribution in [0.15, 0.2) is 41.1 Å². The number of rotatable bonds is 6. The van der Waals surface area contributed by atoms with Crippen molar-refractivity contribution in [2.24, 2.45) is 0 Å². The number of hydrogen-bond donors (Lipinski definition) is 1. The summed E-state index contributed by atoms with van der Waals surface area (Å²) in [6.07, 6.45) is 7.49. The van der Waals surface area contributed by atoms with Gasteiger partial charge in [0, 0.05) is 51.8 Å². The highest BCUT2D eigenvalue weighted by Gasteiger charge is 2.31. The maximum Gasteiger partial charge on any atom is 0.293 e. The first kappa shape index (κ1) is 25.0. The third-order valence-electron chi connectivity index (χ3n) is 7.37. The van der Waals surface area contributed by atoms with Gasteiger partial charge in [0.15, 0.2) is 17.0 Å². The van der Waals surface area contributed by atoms with E-state index in [2.05, 4.69) is 15.1 Å². The molecule has 2 fully saturated rings. The van der Waals surface area contributed by atoms with Crippen molar-refractivity contribution >= 4 is 28.5 Å². The fourth-order valence-electron chi connectivity index (χ4n) is 5.13. The van der Waals surface area contributed by atoms with Crippen LogP contribution in [0.5, 0.6) is 0 Å². The zero-order valence-corrected chi connectivity index (χ0v) is 22.3. The Hall–Kier alpha value is -4.29. The molecular weight excluding hydrogens is 492 g/mol. The predicted molar refractivity (Wildman–Crippen MR) is 149 cm³/mol. The molecule has 4 aromatic rings. The molecule has 1 aliphatic carbocycles. The highest BCUT2D eigenvalue weighted by atomic mass is 16.5. The van der Waals surface area contributed by atoms with Crippen molar-refractivity contribution in [1.29, 1.82) is 0 Å². The molecule has 0 radical (unpaired) electrons. The number of carbonyl (C=O) groups is 1. The summed E-state index contributed by atoms with van der Waals surface area (Å²) in [6.45, 7) is 11.2. The molecule has 1 aliphatic heterocycles. The number of anilines is 1. The molecule has 9 heteroatoms. The maximum atomic E-state index is 12.4. The van der Waals surface area contributed by atoms with E-state index in [-0.39, 0.29) is 11.9 Å². The van der Waals surface area contributed by atoms with Crippen molar-refractivity contribution in [3.8, 4) is 22.7 Å². The lowest BCUT2D eigenvalue weighted by molar-refractivity contribution is 0.0827. The second-order valence-corrected chi connectivity index (χ2v) is 10.5. The largest absolute Gasteiger partial charge is 0.452 e. The van der Waals surface area contributed by atoms with Crippen LogP contribution >= 0.6 is 0 Å². The van der Waals surface area contributed by atoms with Crippen molar-refractivity contribution in [2.75, 3.05) is 32.6 Å². The number of aryl methyl sites for hydroxylation is 1. The summed E-state index contributed by atoms with van der Waals surface area (Å²) in [6, 6.07) is 7.89. The summed E-state index contributed by atoms with van der Waals surface area (Å²) < 4.78 is 11.9. The van der Waals surface area contributed by atoms with E-state index < -0.39 is 0 Å². The molecule has 1 amide bonds. The Morgan fingerprint density at radius 1 is 1.10 bits per heavy atom. The Bertz CT molecular complexity index is 1610. The van der Waals surface area contributed by atoms with Gasteiger partial charge in [-0.25, -0.2) is 0 Å². The van der Waals surface area contributed by atoms with E-state index in [0.29, 0.717) is 45.5 Å². The summed E-state index contributed by atoms with van der Waals surface area (Å²) in [4.78, 5) is 31.8. The molecule has 39 heavy (non-hydrogen) atoms. The highest BCUT2D eigenvalue weighted by Crippen LogP contribution is 2.47. The Morgan fingerprint density at radius 3 is 2.59 bits per heavy atom. The molecule has 0 aromatic carbocycles. The smallest absolute Gasteiger partial charge is 0.293 e. The number of aromatic nitrogens is 3. The third kappa shape index (κ3) is 4.84. The zero-order valence-electron chi connectivity index (χ0n) is 22.3. The molecule has 6 rings (SSSR count). The van der Waals surface area contributed by atoms with Crippen LogP contribution in [0.2, 0.25) is 0 Å². The number of furan rings is 1. The first-order valence-electron chi connectivity index (χ1n) is 13.3. The van der Waals surface area contributed by atoms with Gasteiger partial charge in [0.2, 0.25) is 0 Å². The van der Waals surface area contributed by atoms with Crippen LogP contribution in [-0.2, 0) is 4.74 Å². The van der Waals surface area contributed by atoms with E-state index in [4.69, 9.17) is 25.7 Å². The number of nitrogens with zero attached hydrogens (tertiary/aromatic N) is 5. The first-order valence-corrected chi connectivity index (χ1v) is 13.3. The van der Waals surface area contributed by atoms with Crippen LogP contribution < -0.4 is 5.32 Å². The lowest BCUT2D eigenvalue weighted by atomic mass is 10.0. The number of pyridine rings is 3. The van der Waals surface area contributed by atoms with Gasteiger partial charge in [-0.3, -0.25) is 14.8 Å². The number of ether oxygens (including phenoxy) is 1. The van der Waals surface area contributed by atoms with Crippen molar-refractivity contribution in [3.63, 3.8) is 0 Å². The van der Waals surface area contributed by atoms with Crippen LogP contribution in [0.1, 0.15) is 53.1 Å².